The van der Waals surface area contributed by atoms with Gasteiger partial charge in [0.15, 0.2) is 5.76 Å². The Bertz CT molecular complexity index is 1020. The van der Waals surface area contributed by atoms with Crippen molar-refractivity contribution < 1.29 is 9.21 Å². The lowest BCUT2D eigenvalue weighted by molar-refractivity contribution is 0.0749. The number of benzene rings is 2. The topological polar surface area (TPSA) is 51.3 Å². The highest BCUT2D eigenvalue weighted by Gasteiger charge is 2.18. The zero-order valence-corrected chi connectivity index (χ0v) is 14.5. The summed E-state index contributed by atoms with van der Waals surface area (Å²) >= 11 is 0. The Balaban J connectivity index is 1.68. The van der Waals surface area contributed by atoms with E-state index >= 15 is 0 Å². The van der Waals surface area contributed by atoms with E-state index in [1.54, 1.807) is 24.1 Å². The number of rotatable bonds is 5. The van der Waals surface area contributed by atoms with E-state index in [1.165, 1.54) is 11.8 Å². The highest BCUT2D eigenvalue weighted by molar-refractivity contribution is 5.91. The fourth-order valence-electron chi connectivity index (χ4n) is 3.06. The first-order valence-corrected chi connectivity index (χ1v) is 8.49. The molecule has 0 N–H and O–H groups in total. The quantitative estimate of drug-likeness (QED) is 0.550. The number of hydrogen-bond donors (Lipinski definition) is 0. The molecular weight excluding hydrogens is 326 g/mol. The largest absolute Gasteiger partial charge is 0.459 e. The average molecular weight is 345 g/mol. The molecule has 4 aromatic rings. The van der Waals surface area contributed by atoms with Crippen LogP contribution in [0.2, 0.25) is 0 Å². The highest BCUT2D eigenvalue weighted by Crippen LogP contribution is 2.19. The van der Waals surface area contributed by atoms with Gasteiger partial charge in [-0.05, 0) is 29.8 Å². The molecule has 0 radical (unpaired) electrons. The van der Waals surface area contributed by atoms with E-state index in [-0.39, 0.29) is 5.91 Å². The van der Waals surface area contributed by atoms with Gasteiger partial charge in [0.25, 0.3) is 5.91 Å². The van der Waals surface area contributed by atoms with Gasteiger partial charge in [0, 0.05) is 13.6 Å². The van der Waals surface area contributed by atoms with Crippen molar-refractivity contribution in [3.8, 4) is 0 Å². The molecule has 26 heavy (non-hydrogen) atoms. The van der Waals surface area contributed by atoms with Gasteiger partial charge in [-0.1, -0.05) is 42.5 Å². The summed E-state index contributed by atoms with van der Waals surface area (Å²) in [5.74, 6) is 1.02. The van der Waals surface area contributed by atoms with E-state index < -0.39 is 0 Å². The SMILES string of the molecule is CN(Cc1nc2ccccc2n1Cc1ccccc1)C(=O)c1ccco1. The fourth-order valence-corrected chi connectivity index (χ4v) is 3.06. The minimum absolute atomic E-state index is 0.159. The van der Waals surface area contributed by atoms with E-state index in [2.05, 4.69) is 22.8 Å². The molecular formula is C21H19N3O2. The lowest BCUT2D eigenvalue weighted by atomic mass is 10.2. The van der Waals surface area contributed by atoms with Crippen LogP contribution < -0.4 is 0 Å². The third kappa shape index (κ3) is 3.11. The fraction of sp³-hybridized carbons (Fsp3) is 0.143. The van der Waals surface area contributed by atoms with Crippen LogP contribution >= 0.6 is 0 Å². The minimum atomic E-state index is -0.159. The number of aromatic nitrogens is 2. The van der Waals surface area contributed by atoms with Crippen molar-refractivity contribution in [3.05, 3.63) is 90.1 Å². The first kappa shape index (κ1) is 16.1. The smallest absolute Gasteiger partial charge is 0.289 e. The second-order valence-electron chi connectivity index (χ2n) is 6.23. The molecule has 0 aliphatic carbocycles. The van der Waals surface area contributed by atoms with Crippen molar-refractivity contribution in [2.24, 2.45) is 0 Å². The predicted octanol–water partition coefficient (Wildman–Crippen LogP) is 3.95. The molecule has 0 saturated carbocycles. The van der Waals surface area contributed by atoms with E-state index in [0.29, 0.717) is 18.8 Å². The summed E-state index contributed by atoms with van der Waals surface area (Å²) in [6.45, 7) is 1.11. The lowest BCUT2D eigenvalue weighted by Gasteiger charge is -2.17. The van der Waals surface area contributed by atoms with Crippen LogP contribution in [-0.4, -0.2) is 27.4 Å². The monoisotopic (exact) mass is 345 g/mol. The summed E-state index contributed by atoms with van der Waals surface area (Å²) in [4.78, 5) is 18.9. The van der Waals surface area contributed by atoms with Crippen LogP contribution in [0.25, 0.3) is 11.0 Å². The summed E-state index contributed by atoms with van der Waals surface area (Å²) < 4.78 is 7.38. The van der Waals surface area contributed by atoms with Crippen molar-refractivity contribution in [1.82, 2.24) is 14.5 Å². The maximum atomic E-state index is 12.5. The molecule has 5 nitrogen and oxygen atoms in total. The Kier molecular flexibility index (Phi) is 4.27. The Morgan fingerprint density at radius 3 is 2.58 bits per heavy atom. The number of fused-ring (bicyclic) bond motifs is 1. The molecule has 2 heterocycles. The van der Waals surface area contributed by atoms with Gasteiger partial charge in [0.05, 0.1) is 23.8 Å². The third-order valence-electron chi connectivity index (χ3n) is 4.37. The number of furan rings is 1. The van der Waals surface area contributed by atoms with Crippen molar-refractivity contribution in [1.29, 1.82) is 0 Å². The summed E-state index contributed by atoms with van der Waals surface area (Å²) in [6, 6.07) is 21.7. The van der Waals surface area contributed by atoms with Crippen LogP contribution in [0.4, 0.5) is 0 Å². The molecule has 0 aliphatic rings. The molecule has 2 aromatic heterocycles. The lowest BCUT2D eigenvalue weighted by Crippen LogP contribution is -2.27. The Hall–Kier alpha value is -3.34. The molecule has 0 unspecified atom stereocenters. The molecule has 4 rings (SSSR count). The minimum Gasteiger partial charge on any atom is -0.459 e. The Morgan fingerprint density at radius 2 is 1.81 bits per heavy atom. The van der Waals surface area contributed by atoms with Gasteiger partial charge < -0.3 is 13.9 Å². The number of imidazole rings is 1. The number of para-hydroxylation sites is 2. The molecule has 0 atom stereocenters. The standard InChI is InChI=1S/C21H19N3O2/c1-23(21(25)19-12-7-13-26-19)15-20-22-17-10-5-6-11-18(17)24(20)14-16-8-3-2-4-9-16/h2-13H,14-15H2,1H3. The zero-order chi connectivity index (χ0) is 17.9. The summed E-state index contributed by atoms with van der Waals surface area (Å²) in [7, 11) is 1.76. The normalized spacial score (nSPS) is 11.0. The van der Waals surface area contributed by atoms with E-state index in [0.717, 1.165) is 16.9 Å². The molecule has 5 heteroatoms. The zero-order valence-electron chi connectivity index (χ0n) is 14.5. The maximum Gasteiger partial charge on any atom is 0.289 e. The molecule has 1 amide bonds. The molecule has 0 saturated heterocycles. The summed E-state index contributed by atoms with van der Waals surface area (Å²) in [5.41, 5.74) is 3.18. The summed E-state index contributed by atoms with van der Waals surface area (Å²) in [5, 5.41) is 0. The van der Waals surface area contributed by atoms with Gasteiger partial charge in [0.2, 0.25) is 0 Å². The van der Waals surface area contributed by atoms with Crippen molar-refractivity contribution >= 4 is 16.9 Å². The molecule has 0 spiro atoms. The molecule has 0 bridgehead atoms. The van der Waals surface area contributed by atoms with Crippen LogP contribution in [0.1, 0.15) is 21.9 Å². The van der Waals surface area contributed by atoms with Crippen LogP contribution in [-0.2, 0) is 13.1 Å². The van der Waals surface area contributed by atoms with Crippen molar-refractivity contribution in [2.75, 3.05) is 7.05 Å². The van der Waals surface area contributed by atoms with Gasteiger partial charge in [-0.3, -0.25) is 4.79 Å². The van der Waals surface area contributed by atoms with Gasteiger partial charge >= 0.3 is 0 Å². The Labute approximate surface area is 151 Å². The number of amides is 1. The number of hydrogen-bond acceptors (Lipinski definition) is 3. The molecule has 0 aliphatic heterocycles. The highest BCUT2D eigenvalue weighted by atomic mass is 16.3. The first-order valence-electron chi connectivity index (χ1n) is 8.49. The van der Waals surface area contributed by atoms with Crippen LogP contribution in [0.15, 0.2) is 77.4 Å². The summed E-state index contributed by atoms with van der Waals surface area (Å²) in [6.07, 6.45) is 1.51. The number of nitrogens with zero attached hydrogens (tertiary/aromatic N) is 3. The van der Waals surface area contributed by atoms with Crippen molar-refractivity contribution in [2.45, 2.75) is 13.1 Å². The predicted molar refractivity (Wildman–Crippen MR) is 99.8 cm³/mol. The second kappa shape index (κ2) is 6.88. The third-order valence-corrected chi connectivity index (χ3v) is 4.37. The average Bonchev–Trinajstić information content (AvgIpc) is 3.31. The van der Waals surface area contributed by atoms with Gasteiger partial charge in [-0.15, -0.1) is 0 Å². The van der Waals surface area contributed by atoms with Gasteiger partial charge in [0.1, 0.15) is 5.82 Å². The molecule has 0 fully saturated rings. The van der Waals surface area contributed by atoms with Crippen LogP contribution in [0.5, 0.6) is 0 Å². The van der Waals surface area contributed by atoms with Crippen molar-refractivity contribution in [3.63, 3.8) is 0 Å². The number of carbonyl (C=O) groups excluding carboxylic acids is 1. The molecule has 130 valence electrons. The van der Waals surface area contributed by atoms with Crippen LogP contribution in [0, 0.1) is 0 Å². The van der Waals surface area contributed by atoms with E-state index in [4.69, 9.17) is 9.40 Å². The second-order valence-corrected chi connectivity index (χ2v) is 6.23. The molecule has 2 aromatic carbocycles. The van der Waals surface area contributed by atoms with E-state index in [9.17, 15) is 4.79 Å². The number of carbonyl (C=O) groups is 1. The van der Waals surface area contributed by atoms with Gasteiger partial charge in [-0.25, -0.2) is 4.98 Å². The van der Waals surface area contributed by atoms with E-state index in [1.807, 2.05) is 36.4 Å². The first-order chi connectivity index (χ1) is 12.7. The van der Waals surface area contributed by atoms with Crippen LogP contribution in [0.3, 0.4) is 0 Å². The Morgan fingerprint density at radius 1 is 1.04 bits per heavy atom. The van der Waals surface area contributed by atoms with Gasteiger partial charge in [-0.2, -0.15) is 0 Å². The maximum absolute atomic E-state index is 12.5.